The van der Waals surface area contributed by atoms with E-state index in [4.69, 9.17) is 5.11 Å². The summed E-state index contributed by atoms with van der Waals surface area (Å²) in [4.78, 5) is 25.6. The van der Waals surface area contributed by atoms with Crippen molar-refractivity contribution in [3.8, 4) is 0 Å². The molecule has 1 heterocycles. The highest BCUT2D eigenvalue weighted by Gasteiger charge is 2.22. The Bertz CT molecular complexity index is 817. The first-order chi connectivity index (χ1) is 13.6. The van der Waals surface area contributed by atoms with Gasteiger partial charge in [0.15, 0.2) is 0 Å². The van der Waals surface area contributed by atoms with Crippen molar-refractivity contribution >= 4 is 11.9 Å². The molecule has 5 nitrogen and oxygen atoms in total. The van der Waals surface area contributed by atoms with Crippen molar-refractivity contribution in [2.24, 2.45) is 0 Å². The third kappa shape index (κ3) is 5.20. The van der Waals surface area contributed by atoms with Crippen LogP contribution in [0.2, 0.25) is 0 Å². The lowest BCUT2D eigenvalue weighted by Gasteiger charge is -2.35. The van der Waals surface area contributed by atoms with Gasteiger partial charge in [-0.15, -0.1) is 0 Å². The van der Waals surface area contributed by atoms with Gasteiger partial charge in [0.25, 0.3) is 0 Å². The molecule has 1 unspecified atom stereocenters. The summed E-state index contributed by atoms with van der Waals surface area (Å²) in [6.45, 7) is 4.80. The molecule has 5 heteroatoms. The van der Waals surface area contributed by atoms with Crippen LogP contribution in [0.3, 0.4) is 0 Å². The number of benzene rings is 2. The number of hydrogen-bond acceptors (Lipinski definition) is 3. The second kappa shape index (κ2) is 9.51. The van der Waals surface area contributed by atoms with E-state index in [-0.39, 0.29) is 11.5 Å². The molecule has 2 aromatic rings. The van der Waals surface area contributed by atoms with Crippen molar-refractivity contribution in [1.82, 2.24) is 10.2 Å². The van der Waals surface area contributed by atoms with E-state index in [9.17, 15) is 9.59 Å². The standard InChI is InChI=1S/C23H28N2O3/c1-2-21(25-14-13-18-5-3-4-6-20(18)16-25)15-24-22(26)12-9-17-7-10-19(11-8-17)23(27)28/h3-8,10-11,21H,2,9,12-16H2,1H3,(H,24,26)(H,27,28). The molecule has 1 aliphatic rings. The molecule has 2 aromatic carbocycles. The number of amides is 1. The fourth-order valence-electron chi connectivity index (χ4n) is 3.75. The van der Waals surface area contributed by atoms with Gasteiger partial charge in [-0.2, -0.15) is 0 Å². The van der Waals surface area contributed by atoms with Gasteiger partial charge < -0.3 is 10.4 Å². The normalized spacial score (nSPS) is 14.9. The zero-order valence-corrected chi connectivity index (χ0v) is 16.4. The van der Waals surface area contributed by atoms with E-state index in [1.54, 1.807) is 24.3 Å². The van der Waals surface area contributed by atoms with Crippen LogP contribution in [-0.2, 0) is 24.2 Å². The topological polar surface area (TPSA) is 69.6 Å². The monoisotopic (exact) mass is 380 g/mol. The molecular formula is C23H28N2O3. The molecule has 0 saturated carbocycles. The number of nitrogens with zero attached hydrogens (tertiary/aromatic N) is 1. The summed E-state index contributed by atoms with van der Waals surface area (Å²) in [5.41, 5.74) is 4.07. The highest BCUT2D eigenvalue weighted by Crippen LogP contribution is 2.21. The fourth-order valence-corrected chi connectivity index (χ4v) is 3.75. The summed E-state index contributed by atoms with van der Waals surface area (Å²) < 4.78 is 0. The Morgan fingerprint density at radius 3 is 2.50 bits per heavy atom. The minimum atomic E-state index is -0.935. The van der Waals surface area contributed by atoms with Gasteiger partial charge in [0.2, 0.25) is 5.91 Å². The van der Waals surface area contributed by atoms with Crippen LogP contribution in [0.5, 0.6) is 0 Å². The number of carboxylic acid groups (broad SMARTS) is 1. The van der Waals surface area contributed by atoms with E-state index in [1.807, 2.05) is 0 Å². The molecule has 2 N–H and O–H groups in total. The van der Waals surface area contributed by atoms with Crippen LogP contribution in [0.4, 0.5) is 0 Å². The van der Waals surface area contributed by atoms with Gasteiger partial charge in [-0.05, 0) is 48.1 Å². The lowest BCUT2D eigenvalue weighted by Crippen LogP contribution is -2.45. The van der Waals surface area contributed by atoms with E-state index in [1.165, 1.54) is 11.1 Å². The largest absolute Gasteiger partial charge is 0.478 e. The SMILES string of the molecule is CCC(CNC(=O)CCc1ccc(C(=O)O)cc1)N1CCc2ccccc2C1. The van der Waals surface area contributed by atoms with E-state index >= 15 is 0 Å². The molecular weight excluding hydrogens is 352 g/mol. The van der Waals surface area contributed by atoms with Gasteiger partial charge in [-0.3, -0.25) is 9.69 Å². The lowest BCUT2D eigenvalue weighted by molar-refractivity contribution is -0.121. The van der Waals surface area contributed by atoms with Crippen LogP contribution in [0.25, 0.3) is 0 Å². The number of carboxylic acids is 1. The molecule has 1 amide bonds. The third-order valence-corrected chi connectivity index (χ3v) is 5.52. The zero-order valence-electron chi connectivity index (χ0n) is 16.4. The Hall–Kier alpha value is -2.66. The van der Waals surface area contributed by atoms with Gasteiger partial charge in [0.05, 0.1) is 5.56 Å². The van der Waals surface area contributed by atoms with Crippen molar-refractivity contribution in [1.29, 1.82) is 0 Å². The average molecular weight is 380 g/mol. The smallest absolute Gasteiger partial charge is 0.335 e. The van der Waals surface area contributed by atoms with Crippen LogP contribution in [0, 0.1) is 0 Å². The van der Waals surface area contributed by atoms with E-state index in [0.717, 1.165) is 31.5 Å². The van der Waals surface area contributed by atoms with Gasteiger partial charge in [0.1, 0.15) is 0 Å². The van der Waals surface area contributed by atoms with Crippen LogP contribution < -0.4 is 5.32 Å². The van der Waals surface area contributed by atoms with Gasteiger partial charge in [-0.25, -0.2) is 4.79 Å². The van der Waals surface area contributed by atoms with Crippen LogP contribution >= 0.6 is 0 Å². The molecule has 0 radical (unpaired) electrons. The number of hydrogen-bond donors (Lipinski definition) is 2. The second-order valence-electron chi connectivity index (χ2n) is 7.36. The Morgan fingerprint density at radius 1 is 1.11 bits per heavy atom. The molecule has 3 rings (SSSR count). The predicted octanol–water partition coefficient (Wildman–Crippen LogP) is 3.27. The third-order valence-electron chi connectivity index (χ3n) is 5.52. The van der Waals surface area contributed by atoms with Crippen molar-refractivity contribution < 1.29 is 14.7 Å². The summed E-state index contributed by atoms with van der Waals surface area (Å²) in [6.07, 6.45) is 3.08. The molecule has 0 spiro atoms. The summed E-state index contributed by atoms with van der Waals surface area (Å²) in [5, 5.41) is 12.0. The van der Waals surface area contributed by atoms with Gasteiger partial charge in [0, 0.05) is 32.1 Å². The number of aryl methyl sites for hydroxylation is 1. The Morgan fingerprint density at radius 2 is 1.82 bits per heavy atom. The minimum absolute atomic E-state index is 0.0400. The molecule has 1 atom stereocenters. The van der Waals surface area contributed by atoms with E-state index in [2.05, 4.69) is 41.4 Å². The van der Waals surface area contributed by atoms with Gasteiger partial charge in [-0.1, -0.05) is 43.3 Å². The number of fused-ring (bicyclic) bond motifs is 1. The predicted molar refractivity (Wildman–Crippen MR) is 109 cm³/mol. The van der Waals surface area contributed by atoms with Crippen LogP contribution in [0.15, 0.2) is 48.5 Å². The van der Waals surface area contributed by atoms with Crippen molar-refractivity contribution in [3.63, 3.8) is 0 Å². The van der Waals surface area contributed by atoms with Crippen molar-refractivity contribution in [3.05, 3.63) is 70.8 Å². The van der Waals surface area contributed by atoms with Crippen molar-refractivity contribution in [2.45, 2.75) is 45.2 Å². The quantitative estimate of drug-likeness (QED) is 0.737. The maximum Gasteiger partial charge on any atom is 0.335 e. The first-order valence-electron chi connectivity index (χ1n) is 9.96. The number of aromatic carboxylic acids is 1. The maximum atomic E-state index is 12.3. The molecule has 1 aliphatic heterocycles. The van der Waals surface area contributed by atoms with E-state index in [0.29, 0.717) is 25.4 Å². The Labute approximate surface area is 166 Å². The number of rotatable bonds is 8. The van der Waals surface area contributed by atoms with E-state index < -0.39 is 5.97 Å². The van der Waals surface area contributed by atoms with Crippen LogP contribution in [0.1, 0.15) is 46.8 Å². The average Bonchev–Trinajstić information content (AvgIpc) is 2.73. The zero-order chi connectivity index (χ0) is 19.9. The van der Waals surface area contributed by atoms with Crippen LogP contribution in [-0.4, -0.2) is 41.0 Å². The maximum absolute atomic E-state index is 12.3. The number of carbonyl (C=O) groups excluding carboxylic acids is 1. The van der Waals surface area contributed by atoms with Gasteiger partial charge >= 0.3 is 5.97 Å². The highest BCUT2D eigenvalue weighted by atomic mass is 16.4. The summed E-state index contributed by atoms with van der Waals surface area (Å²) >= 11 is 0. The molecule has 0 saturated heterocycles. The first kappa shape index (κ1) is 20.1. The Kier molecular flexibility index (Phi) is 6.82. The number of nitrogens with one attached hydrogen (secondary N) is 1. The fraction of sp³-hybridized carbons (Fsp3) is 0.391. The summed E-state index contributed by atoms with van der Waals surface area (Å²) in [7, 11) is 0. The van der Waals surface area contributed by atoms with Crippen molar-refractivity contribution in [2.75, 3.05) is 13.1 Å². The Balaban J connectivity index is 1.46. The molecule has 0 fully saturated rings. The highest BCUT2D eigenvalue weighted by molar-refractivity contribution is 5.87. The summed E-state index contributed by atoms with van der Waals surface area (Å²) in [6, 6.07) is 15.6. The molecule has 0 bridgehead atoms. The number of carbonyl (C=O) groups is 2. The lowest BCUT2D eigenvalue weighted by atomic mass is 9.98. The summed E-state index contributed by atoms with van der Waals surface area (Å²) in [5.74, 6) is -0.895. The molecule has 0 aromatic heterocycles. The molecule has 148 valence electrons. The molecule has 0 aliphatic carbocycles. The minimum Gasteiger partial charge on any atom is -0.478 e. The first-order valence-corrected chi connectivity index (χ1v) is 9.96. The molecule has 28 heavy (non-hydrogen) atoms. The second-order valence-corrected chi connectivity index (χ2v) is 7.36.